The van der Waals surface area contributed by atoms with E-state index in [0.717, 1.165) is 38.3 Å². The van der Waals surface area contributed by atoms with Gasteiger partial charge >= 0.3 is 0 Å². The van der Waals surface area contributed by atoms with Gasteiger partial charge in [0.15, 0.2) is 17.5 Å². The summed E-state index contributed by atoms with van der Waals surface area (Å²) in [5, 5.41) is 25.8. The van der Waals surface area contributed by atoms with Crippen molar-refractivity contribution in [2.24, 2.45) is 0 Å². The molecule has 7 heteroatoms. The molecule has 0 aliphatic heterocycles. The van der Waals surface area contributed by atoms with Crippen LogP contribution in [0.15, 0.2) is 133 Å². The number of hydrogen-bond donors (Lipinski definition) is 0. The van der Waals surface area contributed by atoms with Crippen molar-refractivity contribution < 1.29 is 0 Å². The lowest BCUT2D eigenvalue weighted by Crippen LogP contribution is -2.04. The molecule has 0 N–H and O–H groups in total. The zero-order chi connectivity index (χ0) is 32.2. The van der Waals surface area contributed by atoms with Crippen molar-refractivity contribution in [3.8, 4) is 52.0 Å². The molecule has 3 heterocycles. The zero-order valence-corrected chi connectivity index (χ0v) is 26.1. The smallest absolute Gasteiger partial charge is 0.165 e. The fourth-order valence-electron chi connectivity index (χ4n) is 6.52. The number of aromatic nitrogens is 4. The molecule has 0 amide bonds. The normalized spacial score (nSPS) is 11.3. The van der Waals surface area contributed by atoms with E-state index in [1.807, 2.05) is 72.8 Å². The molecule has 0 bridgehead atoms. The molecule has 0 fully saturated rings. The minimum Gasteiger partial charge on any atom is -0.308 e. The Kier molecular flexibility index (Phi) is 6.33. The molecule has 0 aliphatic rings. The SMILES string of the molecule is N#Cc1cc(-n2c3ccccc3c3cc4sc5ccccc5c4cc32)c(C#N)cc1-c1nc(-c2ccccc2)nc(-c2ccccc2)n1. The topological polar surface area (TPSA) is 91.2 Å². The molecule has 0 unspecified atom stereocenters. The third-order valence-corrected chi connectivity index (χ3v) is 9.86. The van der Waals surface area contributed by atoms with Crippen LogP contribution in [0.4, 0.5) is 0 Å². The average Bonchev–Trinajstić information content (AvgIpc) is 3.68. The van der Waals surface area contributed by atoms with E-state index in [1.54, 1.807) is 23.5 Å². The van der Waals surface area contributed by atoms with Gasteiger partial charge in [-0.15, -0.1) is 11.3 Å². The highest BCUT2D eigenvalue weighted by molar-refractivity contribution is 7.25. The van der Waals surface area contributed by atoms with Gasteiger partial charge in [0.25, 0.3) is 0 Å². The first-order chi connectivity index (χ1) is 23.7. The lowest BCUT2D eigenvalue weighted by atomic mass is 10.0. The summed E-state index contributed by atoms with van der Waals surface area (Å²) in [5.74, 6) is 1.30. The van der Waals surface area contributed by atoms with Crippen LogP contribution in [-0.4, -0.2) is 19.5 Å². The molecule has 0 atom stereocenters. The fourth-order valence-corrected chi connectivity index (χ4v) is 7.64. The molecular formula is C41H22N6S. The minimum atomic E-state index is 0.330. The summed E-state index contributed by atoms with van der Waals surface area (Å²) in [6.07, 6.45) is 0. The summed E-state index contributed by atoms with van der Waals surface area (Å²) in [6.45, 7) is 0. The number of benzene rings is 6. The molecule has 9 rings (SSSR count). The first-order valence-corrected chi connectivity index (χ1v) is 16.2. The Balaban J connectivity index is 1.31. The van der Waals surface area contributed by atoms with Crippen molar-refractivity contribution in [1.29, 1.82) is 10.5 Å². The molecule has 0 radical (unpaired) electrons. The Labute approximate surface area is 279 Å². The summed E-state index contributed by atoms with van der Waals surface area (Å²) in [7, 11) is 0. The summed E-state index contributed by atoms with van der Waals surface area (Å²) >= 11 is 1.78. The number of hydrogen-bond acceptors (Lipinski definition) is 6. The lowest BCUT2D eigenvalue weighted by molar-refractivity contribution is 1.07. The van der Waals surface area contributed by atoms with Crippen LogP contribution in [0.25, 0.3) is 81.8 Å². The second-order valence-corrected chi connectivity index (χ2v) is 12.6. The van der Waals surface area contributed by atoms with Gasteiger partial charge in [0.1, 0.15) is 6.07 Å². The van der Waals surface area contributed by atoms with Crippen LogP contribution >= 0.6 is 11.3 Å². The maximum absolute atomic E-state index is 10.6. The Morgan fingerprint density at radius 2 is 1.08 bits per heavy atom. The molecule has 0 spiro atoms. The molecule has 0 saturated heterocycles. The van der Waals surface area contributed by atoms with E-state index in [2.05, 4.69) is 65.2 Å². The zero-order valence-electron chi connectivity index (χ0n) is 25.3. The standard InChI is InChI=1S/C41H22N6S/c42-23-27-20-35(47-34-17-9-7-15-29(34)32-22-38-33(21-36(32)47)30-16-8-10-18-37(30)48-38)28(24-43)19-31(27)41-45-39(25-11-3-1-4-12-25)44-40(46-41)26-13-5-2-6-14-26/h1-22H. The minimum absolute atomic E-state index is 0.330. The van der Waals surface area contributed by atoms with Crippen LogP contribution in [-0.2, 0) is 0 Å². The van der Waals surface area contributed by atoms with Gasteiger partial charge in [0.05, 0.1) is 33.9 Å². The second-order valence-electron chi connectivity index (χ2n) is 11.5. The van der Waals surface area contributed by atoms with Crippen LogP contribution < -0.4 is 0 Å². The van der Waals surface area contributed by atoms with Gasteiger partial charge in [-0.2, -0.15) is 10.5 Å². The molecule has 6 nitrogen and oxygen atoms in total. The number of rotatable bonds is 4. The maximum atomic E-state index is 10.6. The van der Waals surface area contributed by atoms with Gasteiger partial charge in [-0.3, -0.25) is 0 Å². The highest BCUT2D eigenvalue weighted by Crippen LogP contribution is 2.41. The van der Waals surface area contributed by atoms with Crippen LogP contribution in [0.1, 0.15) is 11.1 Å². The molecule has 48 heavy (non-hydrogen) atoms. The van der Waals surface area contributed by atoms with Gasteiger partial charge in [-0.05, 0) is 36.4 Å². The highest BCUT2D eigenvalue weighted by Gasteiger charge is 2.21. The number of nitriles is 2. The van der Waals surface area contributed by atoms with E-state index >= 15 is 0 Å². The Bertz CT molecular complexity index is 2740. The molecule has 6 aromatic carbocycles. The molecule has 222 valence electrons. The summed E-state index contributed by atoms with van der Waals surface area (Å²) in [5.41, 5.74) is 5.45. The van der Waals surface area contributed by atoms with Crippen molar-refractivity contribution in [3.63, 3.8) is 0 Å². The average molecular weight is 631 g/mol. The highest BCUT2D eigenvalue weighted by atomic mass is 32.1. The Morgan fingerprint density at radius 1 is 0.479 bits per heavy atom. The predicted molar refractivity (Wildman–Crippen MR) is 193 cm³/mol. The van der Waals surface area contributed by atoms with E-state index in [-0.39, 0.29) is 0 Å². The van der Waals surface area contributed by atoms with Gasteiger partial charge in [-0.1, -0.05) is 97.1 Å². The third-order valence-electron chi connectivity index (χ3n) is 8.73. The van der Waals surface area contributed by atoms with Crippen LogP contribution in [0, 0.1) is 22.7 Å². The Hall–Kier alpha value is -6.67. The molecule has 0 aliphatic carbocycles. The van der Waals surface area contributed by atoms with Crippen LogP contribution in [0.5, 0.6) is 0 Å². The van der Waals surface area contributed by atoms with Gasteiger partial charge < -0.3 is 4.57 Å². The van der Waals surface area contributed by atoms with Gasteiger partial charge in [-0.25, -0.2) is 15.0 Å². The molecule has 3 aromatic heterocycles. The fraction of sp³-hybridized carbons (Fsp3) is 0. The second kappa shape index (κ2) is 11.0. The summed E-state index contributed by atoms with van der Waals surface area (Å²) in [4.78, 5) is 14.5. The molecular weight excluding hydrogens is 609 g/mol. The molecule has 9 aromatic rings. The number of nitrogens with zero attached hydrogens (tertiary/aromatic N) is 6. The first kappa shape index (κ1) is 27.6. The monoisotopic (exact) mass is 630 g/mol. The third kappa shape index (κ3) is 4.34. The van der Waals surface area contributed by atoms with E-state index < -0.39 is 0 Å². The predicted octanol–water partition coefficient (Wildman–Crippen LogP) is 10.1. The quantitative estimate of drug-likeness (QED) is 0.193. The van der Waals surface area contributed by atoms with Gasteiger partial charge in [0, 0.05) is 47.6 Å². The maximum Gasteiger partial charge on any atom is 0.165 e. The van der Waals surface area contributed by atoms with E-state index in [1.165, 1.54) is 14.8 Å². The van der Waals surface area contributed by atoms with Crippen molar-refractivity contribution in [2.75, 3.05) is 0 Å². The first-order valence-electron chi connectivity index (χ1n) is 15.4. The van der Waals surface area contributed by atoms with E-state index in [0.29, 0.717) is 39.9 Å². The van der Waals surface area contributed by atoms with Crippen molar-refractivity contribution in [3.05, 3.63) is 145 Å². The number of para-hydroxylation sites is 1. The summed E-state index contributed by atoms with van der Waals surface area (Å²) < 4.78 is 4.54. The van der Waals surface area contributed by atoms with Crippen molar-refractivity contribution in [1.82, 2.24) is 19.5 Å². The lowest BCUT2D eigenvalue weighted by Gasteiger charge is -2.14. The Morgan fingerprint density at radius 3 is 1.77 bits per heavy atom. The molecule has 0 saturated carbocycles. The van der Waals surface area contributed by atoms with Gasteiger partial charge in [0.2, 0.25) is 0 Å². The van der Waals surface area contributed by atoms with E-state index in [9.17, 15) is 10.5 Å². The van der Waals surface area contributed by atoms with Crippen molar-refractivity contribution in [2.45, 2.75) is 0 Å². The largest absolute Gasteiger partial charge is 0.308 e. The van der Waals surface area contributed by atoms with Crippen LogP contribution in [0.3, 0.4) is 0 Å². The number of thiophene rings is 1. The van der Waals surface area contributed by atoms with Crippen molar-refractivity contribution >= 4 is 53.3 Å². The number of fused-ring (bicyclic) bond motifs is 6. The van der Waals surface area contributed by atoms with Crippen LogP contribution in [0.2, 0.25) is 0 Å². The van der Waals surface area contributed by atoms with E-state index in [4.69, 9.17) is 15.0 Å². The summed E-state index contributed by atoms with van der Waals surface area (Å²) in [6, 6.07) is 48.8.